The van der Waals surface area contributed by atoms with Gasteiger partial charge in [0, 0.05) is 3.48 Å². The molecule has 0 amide bonds. The molecule has 17 heteroatoms. The van der Waals surface area contributed by atoms with Gasteiger partial charge >= 0.3 is 38.7 Å². The van der Waals surface area contributed by atoms with Crippen molar-refractivity contribution in [2.24, 2.45) is 0 Å². The zero-order chi connectivity index (χ0) is 16.1. The maximum Gasteiger partial charge on any atom is 0.513 e. The molecule has 0 aromatic heterocycles. The number of nitrogens with zero attached hydrogens (tertiary/aromatic N) is 1. The molecular weight excluding hydrogens is 357 g/mol. The van der Waals surface area contributed by atoms with E-state index in [0.717, 1.165) is 0 Å². The molecule has 0 fully saturated rings. The predicted molar refractivity (Wildman–Crippen MR) is 45.9 cm³/mol. The standard InChI is InChI=1S/C2H3F6N2O6PS2/c3-1(4,5)18(13,14)10(17(9,11)12)19(15,16)2(6,7)8/h(H3,9,11,12). The Hall–Kier alpha value is -0.410. The Balaban J connectivity index is 6.50. The van der Waals surface area contributed by atoms with Crippen LogP contribution in [0.3, 0.4) is 0 Å². The minimum atomic E-state index is -7.35. The van der Waals surface area contributed by atoms with E-state index in [4.69, 9.17) is 14.9 Å². The fraction of sp³-hybridized carbons (Fsp3) is 1.00. The number of nitrogens with one attached hydrogen (secondary N) is 1. The van der Waals surface area contributed by atoms with E-state index in [2.05, 4.69) is 0 Å². The summed E-state index contributed by atoms with van der Waals surface area (Å²) < 4.78 is 112. The minimum Gasteiger partial charge on any atom is -0.327 e. The summed E-state index contributed by atoms with van der Waals surface area (Å²) in [7, 11) is -21.2. The lowest BCUT2D eigenvalue weighted by Gasteiger charge is -2.25. The van der Waals surface area contributed by atoms with Gasteiger partial charge in [-0.3, -0.25) is 5.16 Å². The number of alkyl halides is 6. The van der Waals surface area contributed by atoms with Crippen molar-refractivity contribution in [3.8, 4) is 0 Å². The predicted octanol–water partition coefficient (Wildman–Crippen LogP) is 0.497. The Morgan fingerprint density at radius 1 is 0.842 bits per heavy atom. The zero-order valence-corrected chi connectivity index (χ0v) is 10.5. The quantitative estimate of drug-likeness (QED) is 0.495. The number of hydrogen-bond acceptors (Lipinski definition) is 5. The number of rotatable bonds is 3. The van der Waals surface area contributed by atoms with Crippen LogP contribution in [-0.2, 0) is 20.0 Å². The second-order valence-electron chi connectivity index (χ2n) is 2.65. The van der Waals surface area contributed by atoms with Crippen LogP contribution in [0, 0.1) is 5.16 Å². The van der Waals surface area contributed by atoms with Gasteiger partial charge in [-0.05, 0) is 0 Å². The average molecular weight is 360 g/mol. The maximum atomic E-state index is 12.0. The van der Waals surface area contributed by atoms with Gasteiger partial charge in [0.15, 0.2) is 0 Å². The molecule has 0 heterocycles. The van der Waals surface area contributed by atoms with Gasteiger partial charge in [0.25, 0.3) is 0 Å². The van der Waals surface area contributed by atoms with Gasteiger partial charge in [0.2, 0.25) is 0 Å². The van der Waals surface area contributed by atoms with E-state index in [0.29, 0.717) is 0 Å². The van der Waals surface area contributed by atoms with E-state index in [9.17, 15) is 43.2 Å². The molecule has 0 rings (SSSR count). The van der Waals surface area contributed by atoms with E-state index in [1.807, 2.05) is 0 Å². The molecule has 0 aliphatic carbocycles. The number of hydrogen-bond donors (Lipinski definition) is 3. The normalized spacial score (nSPS) is 15.8. The van der Waals surface area contributed by atoms with E-state index in [1.165, 1.54) is 0 Å². The van der Waals surface area contributed by atoms with Crippen molar-refractivity contribution in [3.05, 3.63) is 0 Å². The number of halogens is 6. The van der Waals surface area contributed by atoms with E-state index in [1.54, 1.807) is 0 Å². The van der Waals surface area contributed by atoms with Crippen LogP contribution in [0.1, 0.15) is 0 Å². The van der Waals surface area contributed by atoms with Gasteiger partial charge in [0.1, 0.15) is 0 Å². The van der Waals surface area contributed by atoms with Crippen LogP contribution in [0.5, 0.6) is 0 Å². The molecule has 0 saturated carbocycles. The third-order valence-corrected chi connectivity index (χ3v) is 7.51. The SMILES string of the molecule is N=P(O)(O)N(S(=O)(=O)C(F)(F)F)S(=O)(=O)C(F)(F)F. The summed E-state index contributed by atoms with van der Waals surface area (Å²) in [6.45, 7) is 0. The van der Waals surface area contributed by atoms with Crippen molar-refractivity contribution in [1.82, 2.24) is 3.48 Å². The molecule has 8 nitrogen and oxygen atoms in total. The molecule has 0 aromatic rings. The first-order valence-corrected chi connectivity index (χ1v) is 7.92. The van der Waals surface area contributed by atoms with Gasteiger partial charge < -0.3 is 9.79 Å². The summed E-state index contributed by atoms with van der Waals surface area (Å²) in [5.74, 6) is 0. The van der Waals surface area contributed by atoms with Gasteiger partial charge in [-0.1, -0.05) is 0 Å². The van der Waals surface area contributed by atoms with Crippen LogP contribution < -0.4 is 0 Å². The average Bonchev–Trinajstić information content (AvgIpc) is 1.93. The van der Waals surface area contributed by atoms with Gasteiger partial charge in [-0.2, -0.15) is 26.3 Å². The summed E-state index contributed by atoms with van der Waals surface area (Å²) in [5.41, 5.74) is -13.2. The lowest BCUT2D eigenvalue weighted by molar-refractivity contribution is -0.0511. The highest BCUT2D eigenvalue weighted by atomic mass is 32.3. The molecule has 0 atom stereocenters. The lowest BCUT2D eigenvalue weighted by Crippen LogP contribution is -2.47. The molecule has 0 aliphatic rings. The number of sulfonamides is 2. The van der Waals surface area contributed by atoms with E-state index < -0.39 is 42.2 Å². The fourth-order valence-corrected chi connectivity index (χ4v) is 5.45. The molecule has 116 valence electrons. The van der Waals surface area contributed by atoms with Crippen molar-refractivity contribution in [3.63, 3.8) is 0 Å². The van der Waals surface area contributed by atoms with E-state index in [-0.39, 0.29) is 0 Å². The highest BCUT2D eigenvalue weighted by Gasteiger charge is 2.66. The Kier molecular flexibility index (Phi) is 4.46. The minimum absolute atomic E-state index is 2.69. The highest BCUT2D eigenvalue weighted by Crippen LogP contribution is 2.52. The second kappa shape index (κ2) is 4.56. The largest absolute Gasteiger partial charge is 0.513 e. The first-order valence-electron chi connectivity index (χ1n) is 3.40. The molecule has 0 unspecified atom stereocenters. The van der Waals surface area contributed by atoms with Crippen LogP contribution in [-0.4, -0.2) is 41.1 Å². The van der Waals surface area contributed by atoms with Crippen molar-refractivity contribution in [2.45, 2.75) is 11.0 Å². The Labute approximate surface area is 101 Å². The smallest absolute Gasteiger partial charge is 0.327 e. The van der Waals surface area contributed by atoms with Crippen molar-refractivity contribution >= 4 is 27.7 Å². The Bertz CT molecular complexity index is 553. The molecule has 0 aromatic carbocycles. The summed E-state index contributed by atoms with van der Waals surface area (Å²) in [5, 5.41) is 6.15. The van der Waals surface area contributed by atoms with Gasteiger partial charge in [-0.25, -0.2) is 16.8 Å². The first-order chi connectivity index (χ1) is 7.87. The monoisotopic (exact) mass is 360 g/mol. The summed E-state index contributed by atoms with van der Waals surface area (Å²) in [6, 6.07) is 0. The van der Waals surface area contributed by atoms with Gasteiger partial charge in [-0.15, -0.1) is 0 Å². The summed E-state index contributed by atoms with van der Waals surface area (Å²) in [6.07, 6.45) is 0. The molecule has 0 aliphatic heterocycles. The fourth-order valence-electron chi connectivity index (χ4n) is 0.606. The lowest BCUT2D eigenvalue weighted by atomic mass is 11.6. The second-order valence-corrected chi connectivity index (χ2v) is 8.51. The first kappa shape index (κ1) is 18.6. The molecule has 0 spiro atoms. The third-order valence-electron chi connectivity index (χ3n) is 1.22. The zero-order valence-electron chi connectivity index (χ0n) is 8.01. The van der Waals surface area contributed by atoms with Crippen molar-refractivity contribution < 1.29 is 53.0 Å². The Morgan fingerprint density at radius 3 is 1.16 bits per heavy atom. The van der Waals surface area contributed by atoms with Crippen LogP contribution in [0.4, 0.5) is 26.3 Å². The highest BCUT2D eigenvalue weighted by molar-refractivity contribution is 8.10. The van der Waals surface area contributed by atoms with Crippen LogP contribution in [0.25, 0.3) is 0 Å². The van der Waals surface area contributed by atoms with Crippen LogP contribution in [0.15, 0.2) is 0 Å². The van der Waals surface area contributed by atoms with Crippen LogP contribution in [0.2, 0.25) is 0 Å². The maximum absolute atomic E-state index is 12.0. The Morgan fingerprint density at radius 2 is 1.05 bits per heavy atom. The molecule has 0 radical (unpaired) electrons. The van der Waals surface area contributed by atoms with Gasteiger partial charge in [0.05, 0.1) is 0 Å². The summed E-state index contributed by atoms with van der Waals surface area (Å²) in [4.78, 5) is 16.8. The van der Waals surface area contributed by atoms with Crippen molar-refractivity contribution in [1.29, 1.82) is 5.16 Å². The molecule has 3 N–H and O–H groups in total. The molecular formula is C2H3F6N2O6PS2. The van der Waals surface area contributed by atoms with Crippen molar-refractivity contribution in [2.75, 3.05) is 0 Å². The van der Waals surface area contributed by atoms with Crippen LogP contribution >= 0.6 is 7.66 Å². The van der Waals surface area contributed by atoms with E-state index >= 15 is 0 Å². The molecule has 0 bridgehead atoms. The molecule has 0 saturated heterocycles. The third kappa shape index (κ3) is 3.38. The molecule has 19 heavy (non-hydrogen) atoms. The summed E-state index contributed by atoms with van der Waals surface area (Å²) >= 11 is 0. The topological polar surface area (TPSA) is 136 Å².